The van der Waals surface area contributed by atoms with Crippen molar-refractivity contribution < 1.29 is 9.47 Å². The van der Waals surface area contributed by atoms with Gasteiger partial charge in [-0.15, -0.1) is 11.3 Å². The van der Waals surface area contributed by atoms with Crippen LogP contribution < -0.4 is 4.74 Å². The Morgan fingerprint density at radius 2 is 1.93 bits per heavy atom. The summed E-state index contributed by atoms with van der Waals surface area (Å²) >= 11 is 1.65. The van der Waals surface area contributed by atoms with Gasteiger partial charge in [-0.1, -0.05) is 42.5 Å². The summed E-state index contributed by atoms with van der Waals surface area (Å²) < 4.78 is 12.2. The highest BCUT2D eigenvalue weighted by molar-refractivity contribution is 7.09. The predicted octanol–water partition coefficient (Wildman–Crippen LogP) is 5.71. The molecule has 0 bridgehead atoms. The zero-order valence-corrected chi connectivity index (χ0v) is 16.5. The average molecular weight is 388 g/mol. The van der Waals surface area contributed by atoms with Crippen LogP contribution in [-0.2, 0) is 23.4 Å². The van der Waals surface area contributed by atoms with Crippen LogP contribution in [0.3, 0.4) is 0 Å². The molecule has 1 unspecified atom stereocenters. The maximum Gasteiger partial charge on any atom is 0.129 e. The normalized spacial score (nSPS) is 18.3. The van der Waals surface area contributed by atoms with E-state index in [0.29, 0.717) is 6.61 Å². The number of ether oxygens (including phenoxy) is 2. The van der Waals surface area contributed by atoms with Crippen LogP contribution in [0.15, 0.2) is 72.4 Å². The minimum Gasteiger partial charge on any atom is -0.489 e. The third kappa shape index (κ3) is 2.89. The summed E-state index contributed by atoms with van der Waals surface area (Å²) in [6.45, 7) is 0.546. The fourth-order valence-corrected chi connectivity index (χ4v) is 5.01. The zero-order valence-electron chi connectivity index (χ0n) is 15.7. The second-order valence-electron chi connectivity index (χ2n) is 7.19. The van der Waals surface area contributed by atoms with Gasteiger partial charge in [-0.3, -0.25) is 4.98 Å². The molecule has 0 aliphatic heterocycles. The minimum absolute atomic E-state index is 0.404. The van der Waals surface area contributed by atoms with E-state index in [0.717, 1.165) is 23.5 Å². The second kappa shape index (κ2) is 7.04. The Balaban J connectivity index is 1.42. The molecule has 0 saturated carbocycles. The third-order valence-corrected chi connectivity index (χ3v) is 6.58. The highest BCUT2D eigenvalue weighted by atomic mass is 32.1. The van der Waals surface area contributed by atoms with E-state index in [-0.39, 0.29) is 0 Å². The van der Waals surface area contributed by atoms with Crippen LogP contribution in [0, 0.1) is 0 Å². The van der Waals surface area contributed by atoms with Crippen LogP contribution in [0.4, 0.5) is 0 Å². The van der Waals surface area contributed by atoms with E-state index in [1.54, 1.807) is 18.4 Å². The Morgan fingerprint density at radius 3 is 2.75 bits per heavy atom. The first kappa shape index (κ1) is 17.4. The van der Waals surface area contributed by atoms with Gasteiger partial charge in [0.05, 0.1) is 10.4 Å². The largest absolute Gasteiger partial charge is 0.489 e. The molecule has 0 fully saturated rings. The van der Waals surface area contributed by atoms with Gasteiger partial charge in [-0.2, -0.15) is 0 Å². The van der Waals surface area contributed by atoms with Crippen molar-refractivity contribution in [2.45, 2.75) is 25.0 Å². The molecule has 1 atom stereocenters. The van der Waals surface area contributed by atoms with Gasteiger partial charge >= 0.3 is 0 Å². The van der Waals surface area contributed by atoms with Crippen molar-refractivity contribution in [3.63, 3.8) is 0 Å². The number of methoxy groups -OCH3 is 1. The number of rotatable bonds is 5. The SMILES string of the molecule is COC1(c2cncs2)CCc2ccc(OCc3ccc4ccccc4c3)cc21. The molecule has 4 heteroatoms. The standard InChI is InChI=1S/C24H21NO2S/c1-26-24(23-14-25-16-28-23)11-10-19-8-9-21(13-22(19)24)27-15-17-6-7-18-4-2-3-5-20(18)12-17/h2-9,12-14,16H,10-11,15H2,1H3. The average Bonchev–Trinajstić information content (AvgIpc) is 3.40. The molecule has 4 aromatic rings. The van der Waals surface area contributed by atoms with Gasteiger partial charge in [0.15, 0.2) is 0 Å². The molecule has 0 radical (unpaired) electrons. The van der Waals surface area contributed by atoms with Crippen LogP contribution in [0.2, 0.25) is 0 Å². The summed E-state index contributed by atoms with van der Waals surface area (Å²) in [7, 11) is 1.79. The van der Waals surface area contributed by atoms with Gasteiger partial charge in [0, 0.05) is 13.3 Å². The number of hydrogen-bond donors (Lipinski definition) is 0. The first-order valence-electron chi connectivity index (χ1n) is 9.46. The van der Waals surface area contributed by atoms with Crippen molar-refractivity contribution in [2.24, 2.45) is 0 Å². The molecular formula is C24H21NO2S. The first-order valence-corrected chi connectivity index (χ1v) is 10.3. The molecule has 1 aromatic heterocycles. The molecule has 0 saturated heterocycles. The van der Waals surface area contributed by atoms with E-state index in [4.69, 9.17) is 9.47 Å². The van der Waals surface area contributed by atoms with Crippen molar-refractivity contribution in [1.82, 2.24) is 4.98 Å². The molecular weight excluding hydrogens is 366 g/mol. The van der Waals surface area contributed by atoms with Gasteiger partial charge in [-0.05, 0) is 58.5 Å². The minimum atomic E-state index is -0.404. The van der Waals surface area contributed by atoms with E-state index in [1.807, 2.05) is 11.7 Å². The van der Waals surface area contributed by atoms with Gasteiger partial charge in [0.1, 0.15) is 18.0 Å². The summed E-state index contributed by atoms with van der Waals surface area (Å²) in [4.78, 5) is 5.42. The van der Waals surface area contributed by atoms with Crippen molar-refractivity contribution in [3.8, 4) is 5.75 Å². The molecule has 1 heterocycles. The molecule has 0 spiro atoms. The Morgan fingerprint density at radius 1 is 1.04 bits per heavy atom. The Labute approximate surface area is 168 Å². The first-order chi connectivity index (χ1) is 13.8. The molecule has 5 rings (SSSR count). The van der Waals surface area contributed by atoms with Crippen LogP contribution >= 0.6 is 11.3 Å². The summed E-state index contributed by atoms with van der Waals surface area (Å²) in [6, 6.07) is 21.3. The number of fused-ring (bicyclic) bond motifs is 2. The van der Waals surface area contributed by atoms with Crippen LogP contribution in [0.1, 0.15) is 28.0 Å². The van der Waals surface area contributed by atoms with E-state index in [2.05, 4.69) is 65.6 Å². The van der Waals surface area contributed by atoms with Crippen LogP contribution in [-0.4, -0.2) is 12.1 Å². The summed E-state index contributed by atoms with van der Waals surface area (Å²) in [5, 5.41) is 2.49. The maximum absolute atomic E-state index is 6.15. The molecule has 0 amide bonds. The second-order valence-corrected chi connectivity index (χ2v) is 8.07. The Bertz CT molecular complexity index is 1120. The number of aryl methyl sites for hydroxylation is 1. The van der Waals surface area contributed by atoms with E-state index >= 15 is 0 Å². The van der Waals surface area contributed by atoms with Crippen molar-refractivity contribution in [1.29, 1.82) is 0 Å². The summed E-state index contributed by atoms with van der Waals surface area (Å²) in [5.74, 6) is 0.875. The van der Waals surface area contributed by atoms with E-state index in [9.17, 15) is 0 Å². The Hall–Kier alpha value is -2.69. The Kier molecular flexibility index (Phi) is 4.38. The van der Waals surface area contributed by atoms with E-state index < -0.39 is 5.60 Å². The lowest BCUT2D eigenvalue weighted by molar-refractivity contribution is 0.0265. The van der Waals surface area contributed by atoms with E-state index in [1.165, 1.54) is 27.5 Å². The number of nitrogens with zero attached hydrogens (tertiary/aromatic N) is 1. The fourth-order valence-electron chi connectivity index (χ4n) is 4.16. The van der Waals surface area contributed by atoms with Gasteiger partial charge in [0.25, 0.3) is 0 Å². The molecule has 0 N–H and O–H groups in total. The number of benzene rings is 3. The zero-order chi connectivity index (χ0) is 19.0. The molecule has 28 heavy (non-hydrogen) atoms. The fraction of sp³-hybridized carbons (Fsp3) is 0.208. The molecule has 140 valence electrons. The van der Waals surface area contributed by atoms with Gasteiger partial charge < -0.3 is 9.47 Å². The molecule has 1 aliphatic rings. The predicted molar refractivity (Wildman–Crippen MR) is 113 cm³/mol. The van der Waals surface area contributed by atoms with Crippen molar-refractivity contribution in [3.05, 3.63) is 93.9 Å². The number of thiazole rings is 1. The highest BCUT2D eigenvalue weighted by Gasteiger charge is 2.42. The van der Waals surface area contributed by atoms with Crippen LogP contribution in [0.5, 0.6) is 5.75 Å². The number of hydrogen-bond acceptors (Lipinski definition) is 4. The van der Waals surface area contributed by atoms with Crippen LogP contribution in [0.25, 0.3) is 10.8 Å². The van der Waals surface area contributed by atoms with Gasteiger partial charge in [-0.25, -0.2) is 0 Å². The van der Waals surface area contributed by atoms with Crippen molar-refractivity contribution >= 4 is 22.1 Å². The molecule has 3 nitrogen and oxygen atoms in total. The lowest BCUT2D eigenvalue weighted by Gasteiger charge is -2.27. The lowest BCUT2D eigenvalue weighted by atomic mass is 9.94. The summed E-state index contributed by atoms with van der Waals surface area (Å²) in [6.07, 6.45) is 3.87. The lowest BCUT2D eigenvalue weighted by Crippen LogP contribution is -2.25. The quantitative estimate of drug-likeness (QED) is 0.439. The smallest absolute Gasteiger partial charge is 0.129 e. The highest BCUT2D eigenvalue weighted by Crippen LogP contribution is 2.47. The van der Waals surface area contributed by atoms with Gasteiger partial charge in [0.2, 0.25) is 0 Å². The number of aromatic nitrogens is 1. The maximum atomic E-state index is 6.15. The summed E-state index contributed by atoms with van der Waals surface area (Å²) in [5.41, 5.74) is 5.16. The third-order valence-electron chi connectivity index (χ3n) is 5.66. The topological polar surface area (TPSA) is 31.4 Å². The molecule has 3 aromatic carbocycles. The monoisotopic (exact) mass is 387 g/mol. The van der Waals surface area contributed by atoms with Crippen molar-refractivity contribution in [2.75, 3.05) is 7.11 Å². The molecule has 1 aliphatic carbocycles.